The van der Waals surface area contributed by atoms with E-state index in [1.54, 1.807) is 7.11 Å². The van der Waals surface area contributed by atoms with Crippen LogP contribution in [0.5, 0.6) is 0 Å². The van der Waals surface area contributed by atoms with Crippen LogP contribution >= 0.6 is 0 Å². The summed E-state index contributed by atoms with van der Waals surface area (Å²) in [6, 6.07) is 0. The van der Waals surface area contributed by atoms with E-state index in [0.717, 1.165) is 13.4 Å². The zero-order chi connectivity index (χ0) is 6.41. The van der Waals surface area contributed by atoms with Crippen molar-refractivity contribution in [2.24, 2.45) is 5.92 Å². The molecule has 0 radical (unpaired) electrons. The van der Waals surface area contributed by atoms with Crippen LogP contribution in [0.3, 0.4) is 0 Å². The highest BCUT2D eigenvalue weighted by atomic mass is 16.4. The molecule has 0 N–H and O–H groups in total. The Kier molecular flexibility index (Phi) is 5.18. The van der Waals surface area contributed by atoms with Gasteiger partial charge in [-0.3, -0.25) is 0 Å². The van der Waals surface area contributed by atoms with Gasteiger partial charge < -0.3 is 4.65 Å². The van der Waals surface area contributed by atoms with E-state index in [2.05, 4.69) is 13.8 Å². The van der Waals surface area contributed by atoms with Crippen molar-refractivity contribution >= 4 is 7.48 Å². The van der Waals surface area contributed by atoms with Crippen LogP contribution in [-0.4, -0.2) is 14.6 Å². The molecular formula is C6H15BO. The minimum Gasteiger partial charge on any atom is -0.442 e. The Bertz CT molecular complexity index is 45.8. The van der Waals surface area contributed by atoms with Gasteiger partial charge in [-0.1, -0.05) is 26.6 Å². The molecule has 0 bridgehead atoms. The summed E-state index contributed by atoms with van der Waals surface area (Å²) >= 11 is 0. The Balaban J connectivity index is 2.72. The van der Waals surface area contributed by atoms with Crippen LogP contribution in [-0.2, 0) is 4.65 Å². The molecule has 0 aliphatic heterocycles. The maximum absolute atomic E-state index is 4.89. The van der Waals surface area contributed by atoms with E-state index < -0.39 is 0 Å². The van der Waals surface area contributed by atoms with Gasteiger partial charge >= 0.3 is 0 Å². The first-order valence-corrected chi connectivity index (χ1v) is 3.26. The van der Waals surface area contributed by atoms with Gasteiger partial charge in [0, 0.05) is 7.11 Å². The summed E-state index contributed by atoms with van der Waals surface area (Å²) in [5, 5.41) is 0. The summed E-state index contributed by atoms with van der Waals surface area (Å²) in [4.78, 5) is 0. The Morgan fingerprint density at radius 2 is 2.12 bits per heavy atom. The van der Waals surface area contributed by atoms with Gasteiger partial charge in [0.25, 0.3) is 7.48 Å². The van der Waals surface area contributed by atoms with E-state index in [4.69, 9.17) is 4.65 Å². The summed E-state index contributed by atoms with van der Waals surface area (Å²) < 4.78 is 4.89. The average molecular weight is 114 g/mol. The Labute approximate surface area is 52.7 Å². The lowest BCUT2D eigenvalue weighted by atomic mass is 9.89. The molecule has 0 aromatic heterocycles. The highest BCUT2D eigenvalue weighted by Gasteiger charge is 1.93. The lowest BCUT2D eigenvalue weighted by molar-refractivity contribution is 0.435. The van der Waals surface area contributed by atoms with Gasteiger partial charge in [-0.25, -0.2) is 0 Å². The zero-order valence-electron chi connectivity index (χ0n) is 6.11. The van der Waals surface area contributed by atoms with Crippen molar-refractivity contribution in [2.45, 2.75) is 26.6 Å². The molecule has 8 heavy (non-hydrogen) atoms. The predicted molar refractivity (Wildman–Crippen MR) is 38.4 cm³/mol. The fraction of sp³-hybridized carbons (Fsp3) is 1.00. The zero-order valence-corrected chi connectivity index (χ0v) is 6.11. The lowest BCUT2D eigenvalue weighted by Crippen LogP contribution is -1.95. The third-order valence-electron chi connectivity index (χ3n) is 1.13. The van der Waals surface area contributed by atoms with Gasteiger partial charge in [-0.05, 0) is 5.92 Å². The molecule has 2 heteroatoms. The van der Waals surface area contributed by atoms with Crippen LogP contribution in [0.15, 0.2) is 0 Å². The van der Waals surface area contributed by atoms with Crippen molar-refractivity contribution in [3.8, 4) is 0 Å². The van der Waals surface area contributed by atoms with Crippen molar-refractivity contribution in [2.75, 3.05) is 7.11 Å². The van der Waals surface area contributed by atoms with Gasteiger partial charge in [0.15, 0.2) is 0 Å². The fourth-order valence-corrected chi connectivity index (χ4v) is 0.636. The standard InChI is InChI=1S/C6H15BO/c1-6(2)4-5-7-8-3/h6-7H,4-5H2,1-3H3. The Morgan fingerprint density at radius 3 is 2.50 bits per heavy atom. The molecular weight excluding hydrogens is 98.9 g/mol. The third kappa shape index (κ3) is 6.02. The molecule has 0 unspecified atom stereocenters. The second kappa shape index (κ2) is 5.17. The van der Waals surface area contributed by atoms with Gasteiger partial charge in [0.1, 0.15) is 0 Å². The van der Waals surface area contributed by atoms with Crippen LogP contribution in [0, 0.1) is 5.92 Å². The fourth-order valence-electron chi connectivity index (χ4n) is 0.636. The van der Waals surface area contributed by atoms with Crippen molar-refractivity contribution in [1.82, 2.24) is 0 Å². The summed E-state index contributed by atoms with van der Waals surface area (Å²) in [6.07, 6.45) is 2.49. The molecule has 0 saturated carbocycles. The molecule has 0 atom stereocenters. The second-order valence-corrected chi connectivity index (χ2v) is 2.53. The van der Waals surface area contributed by atoms with E-state index >= 15 is 0 Å². The first-order chi connectivity index (χ1) is 3.77. The van der Waals surface area contributed by atoms with Crippen LogP contribution in [0.25, 0.3) is 0 Å². The van der Waals surface area contributed by atoms with Gasteiger partial charge in [0.05, 0.1) is 0 Å². The Morgan fingerprint density at radius 1 is 1.50 bits per heavy atom. The molecule has 0 aliphatic carbocycles. The van der Waals surface area contributed by atoms with E-state index in [1.165, 1.54) is 12.7 Å². The van der Waals surface area contributed by atoms with Gasteiger partial charge in [-0.2, -0.15) is 0 Å². The van der Waals surface area contributed by atoms with E-state index in [9.17, 15) is 0 Å². The van der Waals surface area contributed by atoms with E-state index in [1.807, 2.05) is 0 Å². The van der Waals surface area contributed by atoms with Gasteiger partial charge in [-0.15, -0.1) is 0 Å². The molecule has 0 saturated heterocycles. The molecule has 0 spiro atoms. The maximum atomic E-state index is 4.89. The summed E-state index contributed by atoms with van der Waals surface area (Å²) in [6.45, 7) is 4.46. The average Bonchev–Trinajstić information content (AvgIpc) is 1.66. The minimum atomic E-state index is 0.824. The number of hydrogen-bond acceptors (Lipinski definition) is 1. The molecule has 0 aliphatic rings. The number of hydrogen-bond donors (Lipinski definition) is 0. The quantitative estimate of drug-likeness (QED) is 0.397. The molecule has 1 nitrogen and oxygen atoms in total. The summed E-state index contributed by atoms with van der Waals surface area (Å²) in [5.74, 6) is 0.824. The molecule has 0 aromatic rings. The normalized spacial score (nSPS) is 10.0. The first-order valence-electron chi connectivity index (χ1n) is 3.26. The van der Waals surface area contributed by atoms with Crippen LogP contribution in [0.2, 0.25) is 6.32 Å². The molecule has 0 rings (SSSR count). The summed E-state index contributed by atoms with van der Waals surface area (Å²) in [7, 11) is 2.67. The summed E-state index contributed by atoms with van der Waals surface area (Å²) in [5.41, 5.74) is 0. The smallest absolute Gasteiger partial charge is 0.274 e. The highest BCUT2D eigenvalue weighted by molar-refractivity contribution is 6.26. The van der Waals surface area contributed by atoms with Crippen LogP contribution in [0.1, 0.15) is 20.3 Å². The maximum Gasteiger partial charge on any atom is 0.274 e. The van der Waals surface area contributed by atoms with Crippen molar-refractivity contribution in [3.63, 3.8) is 0 Å². The molecule has 0 fully saturated rings. The lowest BCUT2D eigenvalue weighted by Gasteiger charge is -1.99. The topological polar surface area (TPSA) is 9.23 Å². The highest BCUT2D eigenvalue weighted by Crippen LogP contribution is 2.02. The van der Waals surface area contributed by atoms with Crippen LogP contribution < -0.4 is 0 Å². The SMILES string of the molecule is COBCCC(C)C. The Hall–Kier alpha value is 0.0249. The van der Waals surface area contributed by atoms with Crippen LogP contribution in [0.4, 0.5) is 0 Å². The van der Waals surface area contributed by atoms with E-state index in [0.29, 0.717) is 0 Å². The second-order valence-electron chi connectivity index (χ2n) is 2.53. The molecule has 48 valence electrons. The molecule has 0 amide bonds. The van der Waals surface area contributed by atoms with Crippen molar-refractivity contribution in [3.05, 3.63) is 0 Å². The van der Waals surface area contributed by atoms with Gasteiger partial charge in [0.2, 0.25) is 0 Å². The predicted octanol–water partition coefficient (Wildman–Crippen LogP) is 1.45. The first kappa shape index (κ1) is 8.02. The molecule has 0 heterocycles. The number of rotatable bonds is 4. The van der Waals surface area contributed by atoms with E-state index in [-0.39, 0.29) is 0 Å². The minimum absolute atomic E-state index is 0.824. The third-order valence-corrected chi connectivity index (χ3v) is 1.13. The van der Waals surface area contributed by atoms with Crippen molar-refractivity contribution in [1.29, 1.82) is 0 Å². The molecule has 0 aromatic carbocycles. The monoisotopic (exact) mass is 114 g/mol. The largest absolute Gasteiger partial charge is 0.442 e. The van der Waals surface area contributed by atoms with Crippen molar-refractivity contribution < 1.29 is 4.65 Å².